The van der Waals surface area contributed by atoms with E-state index in [1.807, 2.05) is 12.1 Å². The molecule has 2 aliphatic rings. The predicted molar refractivity (Wildman–Crippen MR) is 104 cm³/mol. The van der Waals surface area contributed by atoms with Gasteiger partial charge in [0.2, 0.25) is 17.7 Å². The summed E-state index contributed by atoms with van der Waals surface area (Å²) in [7, 11) is 0. The highest BCUT2D eigenvalue weighted by Crippen LogP contribution is 2.29. The molecule has 0 bridgehead atoms. The fourth-order valence-corrected chi connectivity index (χ4v) is 3.99. The van der Waals surface area contributed by atoms with Crippen molar-refractivity contribution >= 4 is 33.4 Å². The number of pyridine rings is 1. The van der Waals surface area contributed by atoms with Crippen LogP contribution in [0.25, 0.3) is 0 Å². The highest BCUT2D eigenvalue weighted by molar-refractivity contribution is 9.10. The van der Waals surface area contributed by atoms with Gasteiger partial charge in [0, 0.05) is 37.8 Å². The highest BCUT2D eigenvalue weighted by Gasteiger charge is 2.39. The molecule has 6 nitrogen and oxygen atoms in total. The van der Waals surface area contributed by atoms with Crippen LogP contribution < -0.4 is 9.64 Å². The molecule has 146 valence electrons. The lowest BCUT2D eigenvalue weighted by atomic mass is 10.1. The second-order valence-corrected chi connectivity index (χ2v) is 7.84. The quantitative estimate of drug-likeness (QED) is 0.722. The van der Waals surface area contributed by atoms with E-state index in [-0.39, 0.29) is 30.2 Å². The third-order valence-corrected chi connectivity index (χ3v) is 5.68. The summed E-state index contributed by atoms with van der Waals surface area (Å²) in [6.45, 7) is 1.38. The van der Waals surface area contributed by atoms with E-state index in [4.69, 9.17) is 4.74 Å². The first kappa shape index (κ1) is 18.9. The number of halogens is 2. The molecule has 2 amide bonds. The molecule has 2 atom stereocenters. The van der Waals surface area contributed by atoms with Crippen molar-refractivity contribution in [2.24, 2.45) is 5.92 Å². The van der Waals surface area contributed by atoms with E-state index in [0.29, 0.717) is 31.2 Å². The maximum atomic E-state index is 13.1. The molecule has 0 N–H and O–H groups in total. The molecule has 2 fully saturated rings. The monoisotopic (exact) mass is 447 g/mol. The lowest BCUT2D eigenvalue weighted by Gasteiger charge is -2.21. The molecule has 0 spiro atoms. The molecule has 2 aliphatic heterocycles. The Hall–Kier alpha value is -2.48. The predicted octanol–water partition coefficient (Wildman–Crippen LogP) is 3.02. The molecule has 3 heterocycles. The van der Waals surface area contributed by atoms with Gasteiger partial charge in [-0.05, 0) is 52.3 Å². The minimum absolute atomic E-state index is 0.0378. The van der Waals surface area contributed by atoms with Crippen molar-refractivity contribution in [1.29, 1.82) is 0 Å². The number of hydrogen-bond donors (Lipinski definition) is 0. The molecular formula is C20H19BrFN3O3. The van der Waals surface area contributed by atoms with Gasteiger partial charge in [0.15, 0.2) is 0 Å². The Balaban J connectivity index is 1.37. The first-order chi connectivity index (χ1) is 13.5. The molecule has 2 saturated heterocycles. The van der Waals surface area contributed by atoms with Gasteiger partial charge < -0.3 is 14.5 Å². The maximum absolute atomic E-state index is 13.1. The molecule has 8 heteroatoms. The van der Waals surface area contributed by atoms with Crippen molar-refractivity contribution in [2.75, 3.05) is 24.5 Å². The minimum Gasteiger partial charge on any atom is -0.472 e. The summed E-state index contributed by atoms with van der Waals surface area (Å²) in [5.41, 5.74) is 0.615. The van der Waals surface area contributed by atoms with Crippen LogP contribution >= 0.6 is 15.9 Å². The summed E-state index contributed by atoms with van der Waals surface area (Å²) < 4.78 is 19.8. The van der Waals surface area contributed by atoms with Crippen LogP contribution in [0, 0.1) is 11.7 Å². The van der Waals surface area contributed by atoms with Gasteiger partial charge in [0.05, 0.1) is 16.9 Å². The zero-order valence-electron chi connectivity index (χ0n) is 15.1. The van der Waals surface area contributed by atoms with Gasteiger partial charge in [-0.25, -0.2) is 9.37 Å². The number of hydrogen-bond acceptors (Lipinski definition) is 4. The molecule has 0 radical (unpaired) electrons. The van der Waals surface area contributed by atoms with E-state index >= 15 is 0 Å². The zero-order valence-corrected chi connectivity index (χ0v) is 16.6. The van der Waals surface area contributed by atoms with Crippen LogP contribution in [0.1, 0.15) is 12.8 Å². The van der Waals surface area contributed by atoms with Crippen LogP contribution in [0.5, 0.6) is 5.88 Å². The van der Waals surface area contributed by atoms with Crippen molar-refractivity contribution in [3.63, 3.8) is 0 Å². The van der Waals surface area contributed by atoms with Gasteiger partial charge in [-0.15, -0.1) is 0 Å². The molecule has 28 heavy (non-hydrogen) atoms. The Morgan fingerprint density at radius 2 is 2.00 bits per heavy atom. The van der Waals surface area contributed by atoms with E-state index < -0.39 is 5.92 Å². The third kappa shape index (κ3) is 3.87. The van der Waals surface area contributed by atoms with Gasteiger partial charge in [0.1, 0.15) is 11.9 Å². The van der Waals surface area contributed by atoms with E-state index in [9.17, 15) is 14.0 Å². The SMILES string of the molecule is O=C(C1CC(=O)N(c2ccc(F)cc2)C1)N1CCC(Oc2ncccc2Br)C1. The summed E-state index contributed by atoms with van der Waals surface area (Å²) >= 11 is 3.41. The molecule has 4 rings (SSSR count). The standard InChI is InChI=1S/C20H19BrFN3O3/c21-17-2-1-8-23-19(17)28-16-7-9-24(12-16)20(27)13-10-18(26)25(11-13)15-5-3-14(22)4-6-15/h1-6,8,13,16H,7,9-12H2. The number of nitrogens with zero attached hydrogens (tertiary/aromatic N) is 3. The molecule has 2 unspecified atom stereocenters. The Bertz CT molecular complexity index is 893. The maximum Gasteiger partial charge on any atom is 0.228 e. The fraction of sp³-hybridized carbons (Fsp3) is 0.350. The summed E-state index contributed by atoms with van der Waals surface area (Å²) in [6, 6.07) is 9.42. The van der Waals surface area contributed by atoms with Gasteiger partial charge in [-0.1, -0.05) is 0 Å². The fourth-order valence-electron chi connectivity index (χ4n) is 3.64. The van der Waals surface area contributed by atoms with Crippen molar-refractivity contribution < 1.29 is 18.7 Å². The first-order valence-electron chi connectivity index (χ1n) is 9.13. The summed E-state index contributed by atoms with van der Waals surface area (Å²) in [6.07, 6.45) is 2.42. The lowest BCUT2D eigenvalue weighted by molar-refractivity contribution is -0.135. The Morgan fingerprint density at radius 3 is 2.75 bits per heavy atom. The van der Waals surface area contributed by atoms with Gasteiger partial charge in [0.25, 0.3) is 0 Å². The van der Waals surface area contributed by atoms with Crippen molar-refractivity contribution in [1.82, 2.24) is 9.88 Å². The second kappa shape index (κ2) is 7.87. The molecule has 0 aliphatic carbocycles. The van der Waals surface area contributed by atoms with Crippen LogP contribution in [0.15, 0.2) is 47.1 Å². The van der Waals surface area contributed by atoms with Crippen LogP contribution in [-0.2, 0) is 9.59 Å². The number of carbonyl (C=O) groups is 2. The Morgan fingerprint density at radius 1 is 1.21 bits per heavy atom. The molecule has 1 aromatic carbocycles. The van der Waals surface area contributed by atoms with E-state index in [1.165, 1.54) is 12.1 Å². The van der Waals surface area contributed by atoms with Crippen LogP contribution in [0.3, 0.4) is 0 Å². The second-order valence-electron chi connectivity index (χ2n) is 6.98. The first-order valence-corrected chi connectivity index (χ1v) is 9.92. The van der Waals surface area contributed by atoms with Crippen molar-refractivity contribution in [3.05, 3.63) is 52.9 Å². The van der Waals surface area contributed by atoms with Crippen LogP contribution in [0.4, 0.5) is 10.1 Å². The number of amides is 2. The van der Waals surface area contributed by atoms with E-state index in [2.05, 4.69) is 20.9 Å². The molecule has 2 aromatic rings. The molecule has 1 aromatic heterocycles. The number of carbonyl (C=O) groups excluding carboxylic acids is 2. The zero-order chi connectivity index (χ0) is 19.7. The van der Waals surface area contributed by atoms with Crippen LogP contribution in [0.2, 0.25) is 0 Å². The van der Waals surface area contributed by atoms with Gasteiger partial charge in [-0.2, -0.15) is 0 Å². The Kier molecular flexibility index (Phi) is 5.30. The average Bonchev–Trinajstić information content (AvgIpc) is 3.31. The Labute approximate surface area is 170 Å². The third-order valence-electron chi connectivity index (χ3n) is 5.07. The number of likely N-dealkylation sites (tertiary alicyclic amines) is 1. The summed E-state index contributed by atoms with van der Waals surface area (Å²) in [4.78, 5) is 32.8. The van der Waals surface area contributed by atoms with E-state index in [0.717, 1.165) is 10.9 Å². The summed E-state index contributed by atoms with van der Waals surface area (Å²) in [5.74, 6) is -0.387. The number of rotatable bonds is 4. The van der Waals surface area contributed by atoms with Crippen LogP contribution in [-0.4, -0.2) is 47.4 Å². The normalized spacial score (nSPS) is 22.0. The molecular weight excluding hydrogens is 429 g/mol. The number of aromatic nitrogens is 1. The molecule has 0 saturated carbocycles. The van der Waals surface area contributed by atoms with Crippen molar-refractivity contribution in [3.8, 4) is 5.88 Å². The average molecular weight is 448 g/mol. The largest absolute Gasteiger partial charge is 0.472 e. The lowest BCUT2D eigenvalue weighted by Crippen LogP contribution is -2.37. The topological polar surface area (TPSA) is 62.7 Å². The summed E-state index contributed by atoms with van der Waals surface area (Å²) in [5, 5.41) is 0. The minimum atomic E-state index is -0.391. The van der Waals surface area contributed by atoms with E-state index in [1.54, 1.807) is 28.1 Å². The number of anilines is 1. The number of ether oxygens (including phenoxy) is 1. The van der Waals surface area contributed by atoms with Gasteiger partial charge >= 0.3 is 0 Å². The smallest absolute Gasteiger partial charge is 0.228 e. The van der Waals surface area contributed by atoms with Crippen molar-refractivity contribution in [2.45, 2.75) is 18.9 Å². The highest BCUT2D eigenvalue weighted by atomic mass is 79.9. The van der Waals surface area contributed by atoms with Gasteiger partial charge in [-0.3, -0.25) is 9.59 Å². The number of benzene rings is 1.